The minimum Gasteiger partial charge on any atom is -0.497 e. The summed E-state index contributed by atoms with van der Waals surface area (Å²) in [5.74, 6) is 1.91. The Labute approximate surface area is 207 Å². The number of aliphatic hydroxyl groups excluding tert-OH is 1. The Balaban J connectivity index is 1.53. The Hall–Kier alpha value is -2.84. The third kappa shape index (κ3) is 9.03. The summed E-state index contributed by atoms with van der Waals surface area (Å²) < 4.78 is 28.6. The van der Waals surface area contributed by atoms with Gasteiger partial charge in [-0.25, -0.2) is 0 Å². The minimum absolute atomic E-state index is 0.172. The molecule has 0 radical (unpaired) electrons. The van der Waals surface area contributed by atoms with Crippen molar-refractivity contribution in [1.29, 1.82) is 0 Å². The molecule has 0 bridgehead atoms. The van der Waals surface area contributed by atoms with Gasteiger partial charge in [-0.15, -0.1) is 0 Å². The summed E-state index contributed by atoms with van der Waals surface area (Å²) in [7, 11) is 1.60. The number of hydrogen-bond donors (Lipinski definition) is 2. The second kappa shape index (κ2) is 14.5. The first kappa shape index (κ1) is 26.8. The predicted octanol–water partition coefficient (Wildman–Crippen LogP) is 3.91. The molecule has 35 heavy (non-hydrogen) atoms. The maximum absolute atomic E-state index is 12.7. The number of alkyl halides is 1. The molecule has 1 aliphatic rings. The first-order chi connectivity index (χ1) is 17.1. The summed E-state index contributed by atoms with van der Waals surface area (Å²) in [6.07, 6.45) is 2.72. The smallest absolute Gasteiger partial charge is 0.223 e. The third-order valence-corrected chi connectivity index (χ3v) is 6.06. The molecular weight excluding hydrogens is 451 g/mol. The largest absolute Gasteiger partial charge is 0.497 e. The third-order valence-electron chi connectivity index (χ3n) is 6.06. The van der Waals surface area contributed by atoms with Gasteiger partial charge in [0.15, 0.2) is 0 Å². The summed E-state index contributed by atoms with van der Waals surface area (Å²) in [4.78, 5) is 15.0. The van der Waals surface area contributed by atoms with Crippen LogP contribution in [0.15, 0.2) is 48.5 Å². The van der Waals surface area contributed by atoms with E-state index in [-0.39, 0.29) is 25.6 Å². The molecule has 1 fully saturated rings. The SMILES string of the molecule is COc1ccc(OCCC(=O)N[C@H](CN2CCCC2)[C@H](O)c2ccc(OCCCCF)cc2)cc1. The zero-order chi connectivity index (χ0) is 24.9. The van der Waals surface area contributed by atoms with Crippen molar-refractivity contribution in [2.45, 2.75) is 44.2 Å². The first-order valence-corrected chi connectivity index (χ1v) is 12.3. The average molecular weight is 489 g/mol. The van der Waals surface area contributed by atoms with Crippen molar-refractivity contribution in [3.63, 3.8) is 0 Å². The van der Waals surface area contributed by atoms with E-state index in [1.54, 1.807) is 43.5 Å². The number of ether oxygens (including phenoxy) is 3. The van der Waals surface area contributed by atoms with E-state index in [1.807, 2.05) is 12.1 Å². The molecule has 2 N–H and O–H groups in total. The number of halogens is 1. The van der Waals surface area contributed by atoms with Gasteiger partial charge in [0.2, 0.25) is 5.91 Å². The number of aliphatic hydroxyl groups is 1. The van der Waals surface area contributed by atoms with Gasteiger partial charge in [-0.2, -0.15) is 0 Å². The molecule has 8 heteroatoms. The summed E-state index contributed by atoms with van der Waals surface area (Å²) >= 11 is 0. The lowest BCUT2D eigenvalue weighted by molar-refractivity contribution is -0.123. The van der Waals surface area contributed by atoms with Crippen molar-refractivity contribution >= 4 is 5.91 Å². The molecule has 1 amide bonds. The molecule has 2 atom stereocenters. The molecule has 0 spiro atoms. The average Bonchev–Trinajstić information content (AvgIpc) is 3.40. The highest BCUT2D eigenvalue weighted by Crippen LogP contribution is 2.23. The van der Waals surface area contributed by atoms with Gasteiger partial charge >= 0.3 is 0 Å². The lowest BCUT2D eigenvalue weighted by Crippen LogP contribution is -2.47. The summed E-state index contributed by atoms with van der Waals surface area (Å²) in [6, 6.07) is 14.0. The van der Waals surface area contributed by atoms with E-state index < -0.39 is 12.1 Å². The van der Waals surface area contributed by atoms with Crippen LogP contribution in [0.2, 0.25) is 0 Å². The summed E-state index contributed by atoms with van der Waals surface area (Å²) in [5.41, 5.74) is 0.708. The Morgan fingerprint density at radius 3 is 2.20 bits per heavy atom. The molecule has 192 valence electrons. The van der Waals surface area contributed by atoms with Crippen LogP contribution in [0.3, 0.4) is 0 Å². The number of methoxy groups -OCH3 is 1. The van der Waals surface area contributed by atoms with Crippen LogP contribution in [0.5, 0.6) is 17.2 Å². The predicted molar refractivity (Wildman–Crippen MR) is 133 cm³/mol. The van der Waals surface area contributed by atoms with E-state index in [4.69, 9.17) is 14.2 Å². The van der Waals surface area contributed by atoms with E-state index in [9.17, 15) is 14.3 Å². The number of amides is 1. The number of likely N-dealkylation sites (tertiary alicyclic amines) is 1. The highest BCUT2D eigenvalue weighted by atomic mass is 19.1. The second-order valence-corrected chi connectivity index (χ2v) is 8.71. The van der Waals surface area contributed by atoms with Crippen molar-refractivity contribution in [3.8, 4) is 17.2 Å². The fourth-order valence-electron chi connectivity index (χ4n) is 4.06. The van der Waals surface area contributed by atoms with E-state index in [0.29, 0.717) is 43.1 Å². The van der Waals surface area contributed by atoms with Gasteiger partial charge in [-0.05, 0) is 80.7 Å². The normalized spacial score (nSPS) is 15.4. The van der Waals surface area contributed by atoms with Gasteiger partial charge in [-0.1, -0.05) is 12.1 Å². The molecule has 0 saturated carbocycles. The number of benzene rings is 2. The standard InChI is InChI=1S/C27H37FN2O5/c1-33-22-10-12-24(13-11-22)35-19-14-26(31)29-25(20-30-16-3-4-17-30)27(32)21-6-8-23(9-7-21)34-18-5-2-15-28/h6-13,25,27,32H,2-5,14-20H2,1H3,(H,29,31)/t25-,27-/m1/s1. The number of rotatable bonds is 15. The monoisotopic (exact) mass is 488 g/mol. The highest BCUT2D eigenvalue weighted by Gasteiger charge is 2.26. The number of carbonyl (C=O) groups is 1. The van der Waals surface area contributed by atoms with Crippen LogP contribution in [0, 0.1) is 0 Å². The molecule has 0 aromatic heterocycles. The Kier molecular flexibility index (Phi) is 11.1. The van der Waals surface area contributed by atoms with Gasteiger partial charge in [-0.3, -0.25) is 9.18 Å². The van der Waals surface area contributed by atoms with E-state index in [0.717, 1.165) is 31.7 Å². The van der Waals surface area contributed by atoms with Crippen molar-refractivity contribution in [1.82, 2.24) is 10.2 Å². The van der Waals surface area contributed by atoms with E-state index in [2.05, 4.69) is 10.2 Å². The zero-order valence-corrected chi connectivity index (χ0v) is 20.5. The maximum atomic E-state index is 12.7. The van der Waals surface area contributed by atoms with Crippen molar-refractivity contribution in [2.75, 3.05) is 46.6 Å². The molecule has 2 aromatic rings. The fraction of sp³-hybridized carbons (Fsp3) is 0.519. The van der Waals surface area contributed by atoms with Crippen LogP contribution < -0.4 is 19.5 Å². The zero-order valence-electron chi connectivity index (χ0n) is 20.5. The van der Waals surface area contributed by atoms with Crippen LogP contribution in [0.1, 0.15) is 43.8 Å². The number of hydrogen-bond acceptors (Lipinski definition) is 6. The Bertz CT molecular complexity index is 872. The van der Waals surface area contributed by atoms with Gasteiger partial charge in [0.25, 0.3) is 0 Å². The molecule has 3 rings (SSSR count). The molecule has 1 aliphatic heterocycles. The van der Waals surface area contributed by atoms with Crippen LogP contribution >= 0.6 is 0 Å². The molecule has 1 saturated heterocycles. The van der Waals surface area contributed by atoms with Crippen LogP contribution in [0.25, 0.3) is 0 Å². The maximum Gasteiger partial charge on any atom is 0.223 e. The van der Waals surface area contributed by atoms with E-state index >= 15 is 0 Å². The Morgan fingerprint density at radius 1 is 0.971 bits per heavy atom. The number of carbonyl (C=O) groups excluding carboxylic acids is 1. The van der Waals surface area contributed by atoms with Gasteiger partial charge in [0.1, 0.15) is 23.4 Å². The van der Waals surface area contributed by atoms with Crippen LogP contribution in [-0.2, 0) is 4.79 Å². The second-order valence-electron chi connectivity index (χ2n) is 8.71. The molecular formula is C27H37FN2O5. The fourth-order valence-corrected chi connectivity index (χ4v) is 4.06. The molecule has 2 aromatic carbocycles. The van der Waals surface area contributed by atoms with Gasteiger partial charge < -0.3 is 29.5 Å². The number of unbranched alkanes of at least 4 members (excludes halogenated alkanes) is 1. The van der Waals surface area contributed by atoms with Crippen molar-refractivity contribution in [3.05, 3.63) is 54.1 Å². The van der Waals surface area contributed by atoms with Gasteiger partial charge in [0.05, 0.1) is 39.5 Å². The van der Waals surface area contributed by atoms with Crippen molar-refractivity contribution < 1.29 is 28.5 Å². The van der Waals surface area contributed by atoms with Crippen LogP contribution in [-0.4, -0.2) is 68.6 Å². The molecule has 1 heterocycles. The lowest BCUT2D eigenvalue weighted by atomic mass is 10.0. The first-order valence-electron chi connectivity index (χ1n) is 12.3. The van der Waals surface area contributed by atoms with Crippen LogP contribution in [0.4, 0.5) is 4.39 Å². The topological polar surface area (TPSA) is 80.3 Å². The summed E-state index contributed by atoms with van der Waals surface area (Å²) in [5, 5.41) is 14.1. The quantitative estimate of drug-likeness (QED) is 0.370. The molecule has 7 nitrogen and oxygen atoms in total. The highest BCUT2D eigenvalue weighted by molar-refractivity contribution is 5.76. The number of nitrogens with zero attached hydrogens (tertiary/aromatic N) is 1. The van der Waals surface area contributed by atoms with Gasteiger partial charge in [0, 0.05) is 6.54 Å². The lowest BCUT2D eigenvalue weighted by Gasteiger charge is -2.29. The molecule has 0 aliphatic carbocycles. The van der Waals surface area contributed by atoms with Crippen molar-refractivity contribution in [2.24, 2.45) is 0 Å². The van der Waals surface area contributed by atoms with E-state index in [1.165, 1.54) is 0 Å². The minimum atomic E-state index is -0.859. The molecule has 0 unspecified atom stereocenters. The number of nitrogens with one attached hydrogen (secondary N) is 1. The summed E-state index contributed by atoms with van der Waals surface area (Å²) in [6.45, 7) is 2.85. The Morgan fingerprint density at radius 2 is 1.57 bits per heavy atom.